The molecular formula is C15H20N2O2. The lowest BCUT2D eigenvalue weighted by Gasteiger charge is -2.04. The predicted molar refractivity (Wildman–Crippen MR) is 78.1 cm³/mol. The molecule has 0 aromatic carbocycles. The molecule has 0 amide bonds. The van der Waals surface area contributed by atoms with Gasteiger partial charge in [-0.1, -0.05) is 24.3 Å². The summed E-state index contributed by atoms with van der Waals surface area (Å²) in [5.41, 5.74) is 5.91. The monoisotopic (exact) mass is 260 g/mol. The molecule has 4 heteroatoms. The van der Waals surface area contributed by atoms with E-state index in [1.54, 1.807) is 18.2 Å². The highest BCUT2D eigenvalue weighted by Gasteiger charge is 1.97. The summed E-state index contributed by atoms with van der Waals surface area (Å²) in [6, 6.07) is 3.29. The van der Waals surface area contributed by atoms with Crippen LogP contribution in [0.25, 0.3) is 0 Å². The van der Waals surface area contributed by atoms with Crippen molar-refractivity contribution in [2.45, 2.75) is 13.8 Å². The lowest BCUT2D eigenvalue weighted by molar-refractivity contribution is 0.111. The number of nitrogens with zero attached hydrogens (tertiary/aromatic N) is 1. The van der Waals surface area contributed by atoms with Crippen molar-refractivity contribution in [1.82, 2.24) is 4.98 Å². The Labute approximate surface area is 114 Å². The Hall–Kier alpha value is -2.20. The molecule has 0 aliphatic heterocycles. The maximum Gasteiger partial charge on any atom is 0.168 e. The van der Waals surface area contributed by atoms with Crippen molar-refractivity contribution in [3.05, 3.63) is 60.2 Å². The summed E-state index contributed by atoms with van der Waals surface area (Å²) in [6.07, 6.45) is 7.74. The van der Waals surface area contributed by atoms with Gasteiger partial charge in [-0.2, -0.15) is 0 Å². The van der Waals surface area contributed by atoms with E-state index in [0.717, 1.165) is 11.3 Å². The molecule has 102 valence electrons. The number of carbonyl (C=O) groups is 1. The first-order valence-electron chi connectivity index (χ1n) is 5.80. The third kappa shape index (κ3) is 6.95. The van der Waals surface area contributed by atoms with Crippen LogP contribution in [0.15, 0.2) is 54.5 Å². The fourth-order valence-corrected chi connectivity index (χ4v) is 1.09. The number of hydrogen-bond acceptors (Lipinski definition) is 4. The van der Waals surface area contributed by atoms with Crippen molar-refractivity contribution in [3.8, 4) is 5.75 Å². The highest BCUT2D eigenvalue weighted by molar-refractivity contribution is 5.72. The van der Waals surface area contributed by atoms with Gasteiger partial charge in [0.2, 0.25) is 0 Å². The molecule has 0 aliphatic rings. The highest BCUT2D eigenvalue weighted by atomic mass is 16.5. The standard InChI is InChI=1S/C14H15NO2.CH5N/c1-4-11(2)5-6-12(3)17-14-7-8-15-13(9-14)10-16;1-2/h4-10H,1H2,2-3H3;2H2,1H3/b11-5-,12-6+;. The van der Waals surface area contributed by atoms with E-state index < -0.39 is 0 Å². The third-order valence-corrected chi connectivity index (χ3v) is 2.06. The van der Waals surface area contributed by atoms with Crippen molar-refractivity contribution in [2.24, 2.45) is 5.73 Å². The molecule has 0 radical (unpaired) electrons. The summed E-state index contributed by atoms with van der Waals surface area (Å²) in [5, 5.41) is 0. The van der Waals surface area contributed by atoms with Crippen LogP contribution in [0.5, 0.6) is 5.75 Å². The molecule has 1 aromatic heterocycles. The van der Waals surface area contributed by atoms with Crippen molar-refractivity contribution in [2.75, 3.05) is 7.05 Å². The van der Waals surface area contributed by atoms with E-state index in [1.807, 2.05) is 26.0 Å². The number of pyridine rings is 1. The summed E-state index contributed by atoms with van der Waals surface area (Å²) in [7, 11) is 1.50. The number of ether oxygens (including phenoxy) is 1. The molecule has 4 nitrogen and oxygen atoms in total. The minimum atomic E-state index is 0.355. The van der Waals surface area contributed by atoms with E-state index in [2.05, 4.69) is 17.3 Å². The maximum atomic E-state index is 10.5. The molecule has 1 rings (SSSR count). The van der Waals surface area contributed by atoms with E-state index in [4.69, 9.17) is 4.74 Å². The number of hydrogen-bond donors (Lipinski definition) is 1. The molecule has 0 unspecified atom stereocenters. The van der Waals surface area contributed by atoms with Crippen LogP contribution in [0.2, 0.25) is 0 Å². The number of rotatable bonds is 5. The fraction of sp³-hybridized carbons (Fsp3) is 0.200. The minimum Gasteiger partial charge on any atom is -0.462 e. The number of aromatic nitrogens is 1. The van der Waals surface area contributed by atoms with E-state index in [1.165, 1.54) is 13.2 Å². The first-order chi connectivity index (χ1) is 9.15. The van der Waals surface area contributed by atoms with Gasteiger partial charge in [-0.3, -0.25) is 9.78 Å². The Morgan fingerprint density at radius 3 is 2.63 bits per heavy atom. The van der Waals surface area contributed by atoms with Gasteiger partial charge in [0.1, 0.15) is 17.2 Å². The number of carbonyl (C=O) groups excluding carboxylic acids is 1. The summed E-state index contributed by atoms with van der Waals surface area (Å²) in [5.74, 6) is 1.33. The molecule has 0 aliphatic carbocycles. The molecule has 0 bridgehead atoms. The topological polar surface area (TPSA) is 65.2 Å². The van der Waals surface area contributed by atoms with E-state index in [0.29, 0.717) is 17.7 Å². The van der Waals surface area contributed by atoms with Crippen molar-refractivity contribution >= 4 is 6.29 Å². The highest BCUT2D eigenvalue weighted by Crippen LogP contribution is 2.13. The first kappa shape index (κ1) is 16.8. The Kier molecular flexibility index (Phi) is 8.66. The van der Waals surface area contributed by atoms with Crippen LogP contribution < -0.4 is 10.5 Å². The number of aldehydes is 1. The molecule has 0 saturated heterocycles. The van der Waals surface area contributed by atoms with Gasteiger partial charge in [-0.05, 0) is 33.0 Å². The third-order valence-electron chi connectivity index (χ3n) is 2.06. The van der Waals surface area contributed by atoms with Crippen molar-refractivity contribution < 1.29 is 9.53 Å². The number of allylic oxidation sites excluding steroid dienone is 5. The van der Waals surface area contributed by atoms with Gasteiger partial charge < -0.3 is 10.5 Å². The summed E-state index contributed by atoms with van der Waals surface area (Å²) in [6.45, 7) is 7.45. The van der Waals surface area contributed by atoms with Gasteiger partial charge in [0.25, 0.3) is 0 Å². The second-order valence-corrected chi connectivity index (χ2v) is 3.53. The lowest BCUT2D eigenvalue weighted by atomic mass is 10.2. The molecule has 2 N–H and O–H groups in total. The number of nitrogens with two attached hydrogens (primary N) is 1. The largest absolute Gasteiger partial charge is 0.462 e. The van der Waals surface area contributed by atoms with Crippen LogP contribution in [0.3, 0.4) is 0 Å². The van der Waals surface area contributed by atoms with Crippen molar-refractivity contribution in [1.29, 1.82) is 0 Å². The van der Waals surface area contributed by atoms with Gasteiger partial charge in [-0.25, -0.2) is 0 Å². The molecule has 0 saturated carbocycles. The molecule has 0 atom stereocenters. The van der Waals surface area contributed by atoms with Crippen LogP contribution in [0.4, 0.5) is 0 Å². The average molecular weight is 260 g/mol. The zero-order chi connectivity index (χ0) is 14.7. The quantitative estimate of drug-likeness (QED) is 0.502. The Morgan fingerprint density at radius 2 is 2.05 bits per heavy atom. The summed E-state index contributed by atoms with van der Waals surface area (Å²) < 4.78 is 5.54. The zero-order valence-electron chi connectivity index (χ0n) is 11.6. The van der Waals surface area contributed by atoms with Crippen LogP contribution in [-0.2, 0) is 0 Å². The van der Waals surface area contributed by atoms with Crippen LogP contribution in [0.1, 0.15) is 24.3 Å². The molecule has 1 heterocycles. The Balaban J connectivity index is 0.00000154. The van der Waals surface area contributed by atoms with E-state index >= 15 is 0 Å². The predicted octanol–water partition coefficient (Wildman–Crippen LogP) is 2.88. The smallest absolute Gasteiger partial charge is 0.168 e. The van der Waals surface area contributed by atoms with E-state index in [9.17, 15) is 4.79 Å². The molecule has 0 spiro atoms. The van der Waals surface area contributed by atoms with Crippen LogP contribution in [-0.4, -0.2) is 18.3 Å². The van der Waals surface area contributed by atoms with Gasteiger partial charge >= 0.3 is 0 Å². The van der Waals surface area contributed by atoms with Gasteiger partial charge in [0, 0.05) is 12.3 Å². The van der Waals surface area contributed by atoms with Crippen LogP contribution in [0, 0.1) is 0 Å². The molecule has 19 heavy (non-hydrogen) atoms. The van der Waals surface area contributed by atoms with Crippen molar-refractivity contribution in [3.63, 3.8) is 0 Å². The maximum absolute atomic E-state index is 10.5. The second-order valence-electron chi connectivity index (χ2n) is 3.53. The summed E-state index contributed by atoms with van der Waals surface area (Å²) in [4.78, 5) is 14.4. The molecule has 0 fully saturated rings. The van der Waals surface area contributed by atoms with Gasteiger partial charge in [0.15, 0.2) is 6.29 Å². The Bertz CT molecular complexity index is 477. The summed E-state index contributed by atoms with van der Waals surface area (Å²) >= 11 is 0. The first-order valence-corrected chi connectivity index (χ1v) is 5.80. The van der Waals surface area contributed by atoms with Crippen LogP contribution >= 0.6 is 0 Å². The second kappa shape index (κ2) is 9.79. The lowest BCUT2D eigenvalue weighted by Crippen LogP contribution is -1.93. The average Bonchev–Trinajstić information content (AvgIpc) is 2.47. The van der Waals surface area contributed by atoms with Gasteiger partial charge in [0.05, 0.1) is 0 Å². The van der Waals surface area contributed by atoms with E-state index in [-0.39, 0.29) is 0 Å². The molecule has 1 aromatic rings. The van der Waals surface area contributed by atoms with Gasteiger partial charge in [-0.15, -0.1) is 0 Å². The normalized spacial score (nSPS) is 11.2. The zero-order valence-corrected chi connectivity index (χ0v) is 11.6. The Morgan fingerprint density at radius 1 is 1.37 bits per heavy atom. The minimum absolute atomic E-state index is 0.355. The SMILES string of the molecule is C=C/C(C)=C\C=C(/C)Oc1ccnc(C=O)c1.CN. The molecular weight excluding hydrogens is 240 g/mol. The fourth-order valence-electron chi connectivity index (χ4n) is 1.09.